The van der Waals surface area contributed by atoms with Crippen molar-refractivity contribution in [2.45, 2.75) is 114 Å². The van der Waals surface area contributed by atoms with Crippen molar-refractivity contribution >= 4 is 35.3 Å². The predicted octanol–water partition coefficient (Wildman–Crippen LogP) is 3.55. The minimum atomic E-state index is -2.10. The van der Waals surface area contributed by atoms with Crippen LogP contribution >= 0.6 is 0 Å². The third-order valence-corrected chi connectivity index (χ3v) is 10.2. The summed E-state index contributed by atoms with van der Waals surface area (Å²) in [6.45, 7) is 14.2. The number of carbonyl (C=O) groups is 6. The summed E-state index contributed by atoms with van der Waals surface area (Å²) in [5.41, 5.74) is 0. The van der Waals surface area contributed by atoms with Crippen molar-refractivity contribution in [1.82, 2.24) is 0 Å². The van der Waals surface area contributed by atoms with Crippen LogP contribution in [0, 0.1) is 0 Å². The molecule has 0 aliphatic heterocycles. The number of ether oxygens (including phenoxy) is 3. The first-order valence-electron chi connectivity index (χ1n) is 11.3. The molecule has 0 amide bonds. The van der Waals surface area contributed by atoms with Crippen molar-refractivity contribution < 1.29 is 56.9 Å². The number of rotatable bonds is 15. The maximum absolute atomic E-state index is 12.6. The Morgan fingerprint density at radius 2 is 0.735 bits per heavy atom. The average Bonchev–Trinajstić information content (AvgIpc) is 2.65. The molecule has 0 aliphatic rings. The number of hydrogen-bond acceptors (Lipinski definition) is 9. The molecule has 197 valence electrons. The van der Waals surface area contributed by atoms with Crippen molar-refractivity contribution in [2.75, 3.05) is 0 Å². The second-order valence-electron chi connectivity index (χ2n) is 8.61. The molecule has 0 aliphatic carbocycles. The Hall–Kier alpha value is -2.06. The summed E-state index contributed by atoms with van der Waals surface area (Å²) in [6, 6.07) is 0. The molecule has 0 radical (unpaired) electrons. The molecule has 0 heterocycles. The molecule has 0 spiro atoms. The predicted molar refractivity (Wildman–Crippen MR) is 120 cm³/mol. The Morgan fingerprint density at radius 1 is 0.529 bits per heavy atom. The fourth-order valence-corrected chi connectivity index (χ4v) is 8.90. The van der Waals surface area contributed by atoms with Gasteiger partial charge in [0.1, 0.15) is 0 Å². The Labute approximate surface area is 206 Å². The van der Waals surface area contributed by atoms with Gasteiger partial charge in [0.05, 0.1) is 0 Å². The molecule has 0 rings (SSSR count). The van der Waals surface area contributed by atoms with E-state index in [9.17, 15) is 28.8 Å². The first-order valence-corrected chi connectivity index (χ1v) is 12.9. The van der Waals surface area contributed by atoms with Crippen LogP contribution in [0.1, 0.15) is 101 Å². The first-order chi connectivity index (χ1) is 15.5. The zero-order valence-corrected chi connectivity index (χ0v) is 22.9. The second-order valence-corrected chi connectivity index (χ2v) is 12.9. The topological polar surface area (TPSA) is 130 Å². The van der Waals surface area contributed by atoms with Crippen molar-refractivity contribution in [1.29, 1.82) is 0 Å². The molecule has 0 aromatic rings. The van der Waals surface area contributed by atoms with Crippen molar-refractivity contribution in [3.8, 4) is 0 Å². The van der Waals surface area contributed by atoms with Crippen LogP contribution in [0.5, 0.6) is 0 Å². The fourth-order valence-electron chi connectivity index (χ4n) is 3.31. The fraction of sp³-hybridized carbons (Fsp3) is 0.750. The normalized spacial score (nSPS) is 16.7. The van der Waals surface area contributed by atoms with Gasteiger partial charge in [-0.3, -0.25) is 0 Å². The van der Waals surface area contributed by atoms with Crippen LogP contribution in [0.15, 0.2) is 0 Å². The summed E-state index contributed by atoms with van der Waals surface area (Å²) in [6.07, 6.45) is -0.464. The molecule has 3 atom stereocenters. The van der Waals surface area contributed by atoms with Crippen LogP contribution < -0.4 is 0 Å². The van der Waals surface area contributed by atoms with Crippen molar-refractivity contribution in [3.63, 3.8) is 0 Å². The Kier molecular flexibility index (Phi) is 12.3. The van der Waals surface area contributed by atoms with Crippen LogP contribution in [0.2, 0.25) is 0 Å². The molecule has 0 saturated carbocycles. The van der Waals surface area contributed by atoms with Gasteiger partial charge in [0, 0.05) is 0 Å². The average molecular weight is 527 g/mol. The van der Waals surface area contributed by atoms with Gasteiger partial charge in [-0.05, 0) is 0 Å². The number of esters is 3. The minimum absolute atomic E-state index is 0.274. The quantitative estimate of drug-likeness (QED) is 0.136. The molecule has 0 saturated heterocycles. The van der Waals surface area contributed by atoms with E-state index in [4.69, 9.17) is 14.2 Å². The third-order valence-electron chi connectivity index (χ3n) is 5.14. The van der Waals surface area contributed by atoms with Crippen LogP contribution in [0.3, 0.4) is 0 Å². The van der Waals surface area contributed by atoms with Gasteiger partial charge in [-0.25, -0.2) is 0 Å². The number of carbonyl (C=O) groups excluding carboxylic acids is 6. The summed E-state index contributed by atoms with van der Waals surface area (Å²) >= 11 is -2.10. The summed E-state index contributed by atoms with van der Waals surface area (Å²) in [4.78, 5) is 72.2. The molecule has 10 heteroatoms. The Morgan fingerprint density at radius 3 is 0.882 bits per heavy atom. The van der Waals surface area contributed by atoms with Crippen LogP contribution in [-0.2, 0) is 56.9 Å². The van der Waals surface area contributed by atoms with Gasteiger partial charge in [-0.15, -0.1) is 0 Å². The van der Waals surface area contributed by atoms with Gasteiger partial charge in [0.25, 0.3) is 0 Å². The summed E-state index contributed by atoms with van der Waals surface area (Å²) in [5, 5.41) is 0. The zero-order chi connectivity index (χ0) is 26.9. The van der Waals surface area contributed by atoms with Crippen LogP contribution in [0.4, 0.5) is 0 Å². The van der Waals surface area contributed by atoms with Gasteiger partial charge >= 0.3 is 206 Å². The zero-order valence-electron chi connectivity index (χ0n) is 21.8. The van der Waals surface area contributed by atoms with Gasteiger partial charge < -0.3 is 0 Å². The van der Waals surface area contributed by atoms with E-state index in [0.717, 1.165) is 0 Å². The maximum atomic E-state index is 12.6. The molecule has 0 aromatic heterocycles. The van der Waals surface area contributed by atoms with E-state index in [1.54, 1.807) is 41.5 Å². The molecular formula is C24H39FeO9. The molecular weight excluding hydrogens is 488 g/mol. The number of ketones is 3. The second kappa shape index (κ2) is 13.1. The Balaban J connectivity index is 6.74. The molecule has 0 N–H and O–H groups in total. The molecule has 3 unspecified atom stereocenters. The van der Waals surface area contributed by atoms with Crippen LogP contribution in [-0.4, -0.2) is 48.8 Å². The van der Waals surface area contributed by atoms with Gasteiger partial charge in [0.15, 0.2) is 0 Å². The van der Waals surface area contributed by atoms with Gasteiger partial charge in [-0.2, -0.15) is 0 Å². The van der Waals surface area contributed by atoms with Gasteiger partial charge in [0.2, 0.25) is 0 Å². The van der Waals surface area contributed by atoms with E-state index in [2.05, 4.69) is 0 Å². The summed E-state index contributed by atoms with van der Waals surface area (Å²) < 4.78 is 13.8. The SMILES string of the molecule is CC[C](C)(OC(=O)CC(C)=O)[Fe]([C](C)(CC)OC(=O)CC(C)=O)[C](C)(CC)OC(=O)CC(C)=O. The van der Waals surface area contributed by atoms with Crippen LogP contribution in [0.25, 0.3) is 0 Å². The van der Waals surface area contributed by atoms with E-state index in [-0.39, 0.29) is 36.6 Å². The van der Waals surface area contributed by atoms with Crippen molar-refractivity contribution in [3.05, 3.63) is 0 Å². The van der Waals surface area contributed by atoms with E-state index in [1.807, 2.05) is 0 Å². The van der Waals surface area contributed by atoms with E-state index < -0.39 is 64.6 Å². The number of hydrogen-bond donors (Lipinski definition) is 0. The molecule has 0 bridgehead atoms. The summed E-state index contributed by atoms with van der Waals surface area (Å²) in [5.74, 6) is -3.32. The molecule has 34 heavy (non-hydrogen) atoms. The monoisotopic (exact) mass is 527 g/mol. The molecule has 0 fully saturated rings. The van der Waals surface area contributed by atoms with E-state index in [1.165, 1.54) is 20.8 Å². The van der Waals surface area contributed by atoms with E-state index in [0.29, 0.717) is 0 Å². The third kappa shape index (κ3) is 9.29. The number of Topliss-reactive ketones (excluding diaryl/α,β-unsaturated/α-hetero) is 3. The standard InChI is InChI=1S/3C8H13O3.Fe/c3*1-4-7(3)11-8(10)5-6(2)9;/h3*4-5H2,1-3H3;. The van der Waals surface area contributed by atoms with Gasteiger partial charge in [-0.1, -0.05) is 0 Å². The van der Waals surface area contributed by atoms with E-state index >= 15 is 0 Å². The summed E-state index contributed by atoms with van der Waals surface area (Å²) in [7, 11) is 0. The molecule has 9 nitrogen and oxygen atoms in total. The molecule has 0 aromatic carbocycles. The van der Waals surface area contributed by atoms with Crippen molar-refractivity contribution in [2.24, 2.45) is 0 Å². The first kappa shape index (κ1) is 31.9. The Bertz CT molecular complexity index is 704.